The monoisotopic (exact) mass is 615 g/mol. The first-order chi connectivity index (χ1) is 23.9. The van der Waals surface area contributed by atoms with E-state index < -0.39 is 0 Å². The molecule has 0 saturated carbocycles. The van der Waals surface area contributed by atoms with Gasteiger partial charge in [0, 0.05) is 43.8 Å². The molecule has 0 bridgehead atoms. The van der Waals surface area contributed by atoms with Gasteiger partial charge in [0.15, 0.2) is 17.5 Å². The highest BCUT2D eigenvalue weighted by Crippen LogP contribution is 2.41. The van der Waals surface area contributed by atoms with Crippen molar-refractivity contribution in [1.82, 2.24) is 15.0 Å². The summed E-state index contributed by atoms with van der Waals surface area (Å²) in [6.07, 6.45) is 0. The fourth-order valence-electron chi connectivity index (χ4n) is 6.66. The largest absolute Gasteiger partial charge is 0.456 e. The molecule has 0 fully saturated rings. The minimum atomic E-state index is 0.150. The lowest BCUT2D eigenvalue weighted by Crippen LogP contribution is -2.55. The van der Waals surface area contributed by atoms with Crippen LogP contribution in [0.25, 0.3) is 89.2 Å². The third-order valence-electron chi connectivity index (χ3n) is 9.04. The molecule has 216 valence electrons. The first-order valence-electron chi connectivity index (χ1n) is 15.6. The van der Waals surface area contributed by atoms with Crippen LogP contribution < -0.4 is 27.3 Å². The lowest BCUT2D eigenvalue weighted by molar-refractivity contribution is 0.669. The van der Waals surface area contributed by atoms with Crippen LogP contribution in [0.4, 0.5) is 0 Å². The average Bonchev–Trinajstić information content (AvgIpc) is 3.72. The zero-order chi connectivity index (χ0) is 33.4. The van der Waals surface area contributed by atoms with E-state index in [9.17, 15) is 0 Å². The van der Waals surface area contributed by atoms with E-state index >= 15 is 0 Å². The van der Waals surface area contributed by atoms with Crippen molar-refractivity contribution < 1.29 is 8.83 Å². The Kier molecular flexibility index (Phi) is 6.70. The molecule has 10 heteroatoms. The molecule has 10 radical (unpaired) electrons. The van der Waals surface area contributed by atoms with Crippen molar-refractivity contribution in [2.24, 2.45) is 0 Å². The summed E-state index contributed by atoms with van der Waals surface area (Å²) in [5.41, 5.74) is 7.21. The lowest BCUT2D eigenvalue weighted by Gasteiger charge is -2.21. The second-order valence-electron chi connectivity index (χ2n) is 11.9. The number of para-hydroxylation sites is 2. The van der Waals surface area contributed by atoms with Gasteiger partial charge in [-0.25, -0.2) is 15.0 Å². The van der Waals surface area contributed by atoms with Crippen LogP contribution in [0.1, 0.15) is 0 Å². The van der Waals surface area contributed by atoms with Gasteiger partial charge in [-0.1, -0.05) is 102 Å². The highest BCUT2D eigenvalue weighted by molar-refractivity contribution is 6.68. The van der Waals surface area contributed by atoms with Gasteiger partial charge in [-0.15, -0.1) is 16.4 Å². The predicted molar refractivity (Wildman–Crippen MR) is 203 cm³/mol. The molecule has 0 N–H and O–H groups in total. The number of hydrogen-bond acceptors (Lipinski definition) is 5. The molecule has 0 spiro atoms. The van der Waals surface area contributed by atoms with Gasteiger partial charge in [-0.05, 0) is 23.8 Å². The van der Waals surface area contributed by atoms with Crippen molar-refractivity contribution in [2.45, 2.75) is 0 Å². The summed E-state index contributed by atoms with van der Waals surface area (Å²) in [5, 5.41) is 3.54. The molecule has 49 heavy (non-hydrogen) atoms. The summed E-state index contributed by atoms with van der Waals surface area (Å²) in [6.45, 7) is 0. The van der Waals surface area contributed by atoms with Crippen LogP contribution in [-0.2, 0) is 0 Å². The Morgan fingerprint density at radius 1 is 0.388 bits per heavy atom. The van der Waals surface area contributed by atoms with Gasteiger partial charge in [-0.2, -0.15) is 0 Å². The van der Waals surface area contributed by atoms with Gasteiger partial charge in [-0.3, -0.25) is 0 Å². The van der Waals surface area contributed by atoms with E-state index in [1.807, 2.05) is 109 Å². The van der Waals surface area contributed by atoms with E-state index in [0.717, 1.165) is 49.4 Å². The standard InChI is InChI=1S/C39H18B5N3O2/c40-31-30(32(41)34(43)35(44)33(31)42)22-13-6-12-21-29-24(15-8-18-27(29)49-36(21)22)39-46-37(19-9-2-1-3-10-19)45-38(47-39)23-14-7-17-26-28(23)20-11-4-5-16-25(20)48-26/h1-18H. The Hall–Kier alpha value is -5.75. The van der Waals surface area contributed by atoms with Crippen LogP contribution in [-0.4, -0.2) is 54.2 Å². The Balaban J connectivity index is 1.33. The van der Waals surface area contributed by atoms with E-state index in [0.29, 0.717) is 39.8 Å². The molecule has 3 heterocycles. The molecule has 6 aromatic carbocycles. The van der Waals surface area contributed by atoms with Crippen molar-refractivity contribution in [3.63, 3.8) is 0 Å². The van der Waals surface area contributed by atoms with E-state index in [2.05, 4.69) is 0 Å². The topological polar surface area (TPSA) is 65.0 Å². The second kappa shape index (κ2) is 11.2. The highest BCUT2D eigenvalue weighted by atomic mass is 16.3. The summed E-state index contributed by atoms with van der Waals surface area (Å²) >= 11 is 0. The van der Waals surface area contributed by atoms with Crippen molar-refractivity contribution in [1.29, 1.82) is 0 Å². The maximum atomic E-state index is 6.54. The number of aromatic nitrogens is 3. The van der Waals surface area contributed by atoms with Gasteiger partial charge >= 0.3 is 0 Å². The SMILES string of the molecule is [B]c1c([B])c([B])c(-c2cccc3c2oc2cccc(-c4nc(-c5ccccc5)nc(-c5cccc6oc7ccccc7c56)n4)c23)c([B])c1[B]. The zero-order valence-electron chi connectivity index (χ0n) is 25.9. The summed E-state index contributed by atoms with van der Waals surface area (Å²) < 4.78 is 12.7. The summed E-state index contributed by atoms with van der Waals surface area (Å²) in [4.78, 5) is 15.2. The van der Waals surface area contributed by atoms with E-state index in [1.54, 1.807) is 0 Å². The fraction of sp³-hybridized carbons (Fsp3) is 0. The summed E-state index contributed by atoms with van der Waals surface area (Å²) in [6, 6.07) is 35.3. The first kappa shape index (κ1) is 29.4. The molecule has 9 rings (SSSR count). The molecule has 0 aliphatic rings. The molecule has 5 nitrogen and oxygen atoms in total. The Morgan fingerprint density at radius 3 is 1.57 bits per heavy atom. The van der Waals surface area contributed by atoms with Gasteiger partial charge in [0.05, 0.1) is 0 Å². The third-order valence-corrected chi connectivity index (χ3v) is 9.04. The Bertz CT molecular complexity index is 2760. The maximum absolute atomic E-state index is 6.54. The maximum Gasteiger partial charge on any atom is 0.164 e. The van der Waals surface area contributed by atoms with Crippen molar-refractivity contribution in [2.75, 3.05) is 0 Å². The Labute approximate surface area is 287 Å². The van der Waals surface area contributed by atoms with Crippen LogP contribution in [0.5, 0.6) is 0 Å². The molecule has 0 saturated heterocycles. The van der Waals surface area contributed by atoms with E-state index in [1.165, 1.54) is 0 Å². The molecule has 0 aliphatic carbocycles. The number of benzene rings is 6. The summed E-state index contributed by atoms with van der Waals surface area (Å²) in [5.74, 6) is 1.52. The predicted octanol–water partition coefficient (Wildman–Crippen LogP) is 4.31. The third kappa shape index (κ3) is 4.51. The van der Waals surface area contributed by atoms with Crippen LogP contribution in [0.2, 0.25) is 0 Å². The second-order valence-corrected chi connectivity index (χ2v) is 11.9. The molecule has 0 amide bonds. The number of fused-ring (bicyclic) bond motifs is 6. The summed E-state index contributed by atoms with van der Waals surface area (Å²) in [7, 11) is 31.6. The van der Waals surface area contributed by atoms with E-state index in [4.69, 9.17) is 63.0 Å². The quantitative estimate of drug-likeness (QED) is 0.277. The number of furan rings is 2. The molecular weight excluding hydrogens is 597 g/mol. The van der Waals surface area contributed by atoms with Crippen LogP contribution in [0, 0.1) is 0 Å². The van der Waals surface area contributed by atoms with E-state index in [-0.39, 0.29) is 27.3 Å². The van der Waals surface area contributed by atoms with Crippen LogP contribution in [0.15, 0.2) is 118 Å². The normalized spacial score (nSPS) is 11.7. The smallest absolute Gasteiger partial charge is 0.164 e. The number of rotatable bonds is 4. The van der Waals surface area contributed by atoms with Gasteiger partial charge in [0.1, 0.15) is 61.6 Å². The van der Waals surface area contributed by atoms with Crippen molar-refractivity contribution in [3.05, 3.63) is 109 Å². The van der Waals surface area contributed by atoms with Gasteiger partial charge < -0.3 is 8.83 Å². The average molecular weight is 615 g/mol. The van der Waals surface area contributed by atoms with Gasteiger partial charge in [0.2, 0.25) is 0 Å². The van der Waals surface area contributed by atoms with Crippen LogP contribution in [0.3, 0.4) is 0 Å². The lowest BCUT2D eigenvalue weighted by atomic mass is 9.59. The molecule has 9 aromatic rings. The molecule has 0 aliphatic heterocycles. The minimum Gasteiger partial charge on any atom is -0.456 e. The highest BCUT2D eigenvalue weighted by Gasteiger charge is 2.22. The zero-order valence-corrected chi connectivity index (χ0v) is 25.9. The fourth-order valence-corrected chi connectivity index (χ4v) is 6.66. The molecular formula is C39H18B5N3O2. The number of nitrogens with zero attached hydrogens (tertiary/aromatic N) is 3. The first-order valence-corrected chi connectivity index (χ1v) is 15.6. The molecule has 3 aromatic heterocycles. The van der Waals surface area contributed by atoms with Gasteiger partial charge in [0.25, 0.3) is 0 Å². The minimum absolute atomic E-state index is 0.150. The van der Waals surface area contributed by atoms with Crippen molar-refractivity contribution >= 4 is 110 Å². The molecule has 0 unspecified atom stereocenters. The number of hydrogen-bond donors (Lipinski definition) is 0. The Morgan fingerprint density at radius 2 is 0.878 bits per heavy atom. The van der Waals surface area contributed by atoms with Crippen LogP contribution >= 0.6 is 0 Å². The molecule has 0 atom stereocenters. The van der Waals surface area contributed by atoms with Crippen molar-refractivity contribution in [3.8, 4) is 45.3 Å².